The standard InChI is InChI=1S/C19H20F3N3O2S/c1-14-23-16(13-28-14)4-7-18(26)25-10-8-24(9-11-25)12-15-2-5-17(6-3-15)27-19(20,21)22/h2-7,13H,8-12H2,1H3/b7-4+. The van der Waals surface area contributed by atoms with E-state index in [-0.39, 0.29) is 11.7 Å². The zero-order valence-corrected chi connectivity index (χ0v) is 16.1. The van der Waals surface area contributed by atoms with E-state index in [4.69, 9.17) is 0 Å². The molecule has 0 aliphatic carbocycles. The molecule has 1 aromatic carbocycles. The Kier molecular flexibility index (Phi) is 6.35. The minimum absolute atomic E-state index is 0.0426. The van der Waals surface area contributed by atoms with Crippen LogP contribution < -0.4 is 4.74 Å². The number of alkyl halides is 3. The number of aryl methyl sites for hydroxylation is 1. The Hall–Kier alpha value is -2.39. The maximum atomic E-state index is 12.3. The Morgan fingerprint density at radius 1 is 1.21 bits per heavy atom. The fourth-order valence-corrected chi connectivity index (χ4v) is 3.48. The second-order valence-corrected chi connectivity index (χ2v) is 7.48. The van der Waals surface area contributed by atoms with Gasteiger partial charge < -0.3 is 9.64 Å². The smallest absolute Gasteiger partial charge is 0.406 e. The van der Waals surface area contributed by atoms with E-state index < -0.39 is 6.36 Å². The molecule has 1 aliphatic rings. The van der Waals surface area contributed by atoms with Crippen molar-refractivity contribution in [1.82, 2.24) is 14.8 Å². The lowest BCUT2D eigenvalue weighted by molar-refractivity contribution is -0.274. The van der Waals surface area contributed by atoms with E-state index in [0.29, 0.717) is 32.7 Å². The highest BCUT2D eigenvalue weighted by atomic mass is 32.1. The quantitative estimate of drug-likeness (QED) is 0.704. The van der Waals surface area contributed by atoms with Crippen LogP contribution >= 0.6 is 11.3 Å². The number of halogens is 3. The summed E-state index contributed by atoms with van der Waals surface area (Å²) in [6, 6.07) is 5.87. The molecule has 0 radical (unpaired) electrons. The van der Waals surface area contributed by atoms with Crippen LogP contribution in [0.1, 0.15) is 16.3 Å². The van der Waals surface area contributed by atoms with Gasteiger partial charge >= 0.3 is 6.36 Å². The number of amides is 1. The minimum Gasteiger partial charge on any atom is -0.406 e. The van der Waals surface area contributed by atoms with Crippen LogP contribution in [0.15, 0.2) is 35.7 Å². The highest BCUT2D eigenvalue weighted by Crippen LogP contribution is 2.23. The van der Waals surface area contributed by atoms with Crippen molar-refractivity contribution in [2.24, 2.45) is 0 Å². The van der Waals surface area contributed by atoms with Crippen molar-refractivity contribution in [3.8, 4) is 5.75 Å². The molecule has 150 valence electrons. The average molecular weight is 411 g/mol. The molecule has 5 nitrogen and oxygen atoms in total. The zero-order chi connectivity index (χ0) is 20.1. The normalized spacial score (nSPS) is 15.9. The number of benzene rings is 1. The summed E-state index contributed by atoms with van der Waals surface area (Å²) in [7, 11) is 0. The van der Waals surface area contributed by atoms with E-state index >= 15 is 0 Å². The Labute approximate surface area is 165 Å². The summed E-state index contributed by atoms with van der Waals surface area (Å²) in [5.41, 5.74) is 1.68. The predicted octanol–water partition coefficient (Wildman–Crippen LogP) is 3.71. The molecule has 1 aliphatic heterocycles. The van der Waals surface area contributed by atoms with Crippen molar-refractivity contribution in [1.29, 1.82) is 0 Å². The first-order valence-corrected chi connectivity index (χ1v) is 9.63. The number of rotatable bonds is 5. The number of thiazole rings is 1. The van der Waals surface area contributed by atoms with Gasteiger partial charge in [-0.1, -0.05) is 12.1 Å². The Morgan fingerprint density at radius 3 is 2.46 bits per heavy atom. The monoisotopic (exact) mass is 411 g/mol. The number of hydrogen-bond donors (Lipinski definition) is 0. The molecule has 0 N–H and O–H groups in total. The van der Waals surface area contributed by atoms with Gasteiger partial charge in [0.2, 0.25) is 5.91 Å². The lowest BCUT2D eigenvalue weighted by atomic mass is 10.2. The number of carbonyl (C=O) groups excluding carboxylic acids is 1. The minimum atomic E-state index is -4.68. The third-order valence-electron chi connectivity index (χ3n) is 4.28. The van der Waals surface area contributed by atoms with E-state index in [1.807, 2.05) is 12.3 Å². The van der Waals surface area contributed by atoms with Crippen molar-refractivity contribution < 1.29 is 22.7 Å². The van der Waals surface area contributed by atoms with Crippen molar-refractivity contribution >= 4 is 23.3 Å². The molecular formula is C19H20F3N3O2S. The van der Waals surface area contributed by atoms with Gasteiger partial charge in [0.15, 0.2) is 0 Å². The van der Waals surface area contributed by atoms with Crippen LogP contribution in [0.25, 0.3) is 6.08 Å². The van der Waals surface area contributed by atoms with Gasteiger partial charge in [-0.3, -0.25) is 9.69 Å². The summed E-state index contributed by atoms with van der Waals surface area (Å²) in [6.07, 6.45) is -1.41. The molecule has 1 amide bonds. The number of carbonyl (C=O) groups is 1. The number of ether oxygens (including phenoxy) is 1. The lowest BCUT2D eigenvalue weighted by Gasteiger charge is -2.34. The van der Waals surface area contributed by atoms with Crippen molar-refractivity contribution in [2.45, 2.75) is 19.8 Å². The lowest BCUT2D eigenvalue weighted by Crippen LogP contribution is -2.47. The van der Waals surface area contributed by atoms with E-state index in [9.17, 15) is 18.0 Å². The van der Waals surface area contributed by atoms with Gasteiger partial charge in [-0.05, 0) is 30.7 Å². The Morgan fingerprint density at radius 2 is 1.89 bits per heavy atom. The zero-order valence-electron chi connectivity index (χ0n) is 15.3. The van der Waals surface area contributed by atoms with Crippen LogP contribution in [0, 0.1) is 6.92 Å². The Balaban J connectivity index is 1.46. The van der Waals surface area contributed by atoms with Crippen LogP contribution in [0.2, 0.25) is 0 Å². The van der Waals surface area contributed by atoms with Crippen molar-refractivity contribution in [2.75, 3.05) is 26.2 Å². The van der Waals surface area contributed by atoms with Gasteiger partial charge in [-0.25, -0.2) is 4.98 Å². The average Bonchev–Trinajstić information content (AvgIpc) is 3.06. The van der Waals surface area contributed by atoms with Crippen LogP contribution in [0.4, 0.5) is 13.2 Å². The van der Waals surface area contributed by atoms with Crippen LogP contribution in [0.3, 0.4) is 0 Å². The number of aromatic nitrogens is 1. The second-order valence-electron chi connectivity index (χ2n) is 6.42. The highest BCUT2D eigenvalue weighted by Gasteiger charge is 2.31. The van der Waals surface area contributed by atoms with Gasteiger partial charge in [-0.2, -0.15) is 0 Å². The topological polar surface area (TPSA) is 45.7 Å². The molecule has 2 heterocycles. The van der Waals surface area contributed by atoms with Crippen molar-refractivity contribution in [3.63, 3.8) is 0 Å². The molecule has 0 saturated carbocycles. The largest absolute Gasteiger partial charge is 0.573 e. The summed E-state index contributed by atoms with van der Waals surface area (Å²) >= 11 is 1.54. The molecule has 0 atom stereocenters. The number of hydrogen-bond acceptors (Lipinski definition) is 5. The summed E-state index contributed by atoms with van der Waals surface area (Å²) in [4.78, 5) is 20.5. The van der Waals surface area contributed by atoms with E-state index in [1.54, 1.807) is 29.2 Å². The van der Waals surface area contributed by atoms with E-state index in [0.717, 1.165) is 16.3 Å². The van der Waals surface area contributed by atoms with E-state index in [1.165, 1.54) is 23.5 Å². The fraction of sp³-hybridized carbons (Fsp3) is 0.368. The molecule has 0 spiro atoms. The molecule has 1 aromatic heterocycles. The summed E-state index contributed by atoms with van der Waals surface area (Å²) < 4.78 is 40.5. The predicted molar refractivity (Wildman–Crippen MR) is 101 cm³/mol. The van der Waals surface area contributed by atoms with Gasteiger partial charge in [0.05, 0.1) is 10.7 Å². The summed E-state index contributed by atoms with van der Waals surface area (Å²) in [6.45, 7) is 5.15. The maximum Gasteiger partial charge on any atom is 0.573 e. The highest BCUT2D eigenvalue weighted by molar-refractivity contribution is 7.09. The molecule has 0 unspecified atom stereocenters. The molecule has 0 bridgehead atoms. The first-order valence-electron chi connectivity index (χ1n) is 8.75. The third kappa shape index (κ3) is 6.07. The number of piperazine rings is 1. The van der Waals surface area contributed by atoms with Gasteiger partial charge in [0, 0.05) is 44.2 Å². The van der Waals surface area contributed by atoms with Gasteiger partial charge in [0.1, 0.15) is 5.75 Å². The van der Waals surface area contributed by atoms with Crippen molar-refractivity contribution in [3.05, 3.63) is 52.0 Å². The third-order valence-corrected chi connectivity index (χ3v) is 5.07. The molecule has 2 aromatic rings. The summed E-state index contributed by atoms with van der Waals surface area (Å²) in [5.74, 6) is -0.271. The molecule has 9 heteroatoms. The summed E-state index contributed by atoms with van der Waals surface area (Å²) in [5, 5.41) is 2.86. The molecule has 28 heavy (non-hydrogen) atoms. The molecular weight excluding hydrogens is 391 g/mol. The van der Waals surface area contributed by atoms with Crippen LogP contribution in [0.5, 0.6) is 5.75 Å². The fourth-order valence-electron chi connectivity index (χ4n) is 2.90. The van der Waals surface area contributed by atoms with E-state index in [2.05, 4.69) is 14.6 Å². The van der Waals surface area contributed by atoms with Crippen LogP contribution in [-0.2, 0) is 11.3 Å². The number of nitrogens with zero attached hydrogens (tertiary/aromatic N) is 3. The first-order chi connectivity index (χ1) is 13.3. The maximum absolute atomic E-state index is 12.3. The second kappa shape index (κ2) is 8.74. The molecule has 1 saturated heterocycles. The molecule has 3 rings (SSSR count). The Bertz CT molecular complexity index is 826. The molecule has 1 fully saturated rings. The van der Waals surface area contributed by atoms with Gasteiger partial charge in [-0.15, -0.1) is 24.5 Å². The SMILES string of the molecule is Cc1nc(/C=C/C(=O)N2CCN(Cc3ccc(OC(F)(F)F)cc3)CC2)cs1. The van der Waals surface area contributed by atoms with Crippen LogP contribution in [-0.4, -0.2) is 53.2 Å². The van der Waals surface area contributed by atoms with Gasteiger partial charge in [0.25, 0.3) is 0 Å². The first kappa shape index (κ1) is 20.3.